The Balaban J connectivity index is 2.24. The molecule has 1 N–H and O–H groups in total. The molecule has 1 fully saturated rings. The van der Waals surface area contributed by atoms with Gasteiger partial charge in [-0.25, -0.2) is 0 Å². The van der Waals surface area contributed by atoms with E-state index in [0.29, 0.717) is 12.5 Å². The first-order valence-corrected chi connectivity index (χ1v) is 7.70. The highest BCUT2D eigenvalue weighted by Crippen LogP contribution is 2.19. The lowest BCUT2D eigenvalue weighted by molar-refractivity contribution is -0.128. The fourth-order valence-corrected chi connectivity index (χ4v) is 2.82. The second kappa shape index (κ2) is 8.54. The molecule has 2 atom stereocenters. The summed E-state index contributed by atoms with van der Waals surface area (Å²) in [4.78, 5) is 15.8. The van der Waals surface area contributed by atoms with Gasteiger partial charge in [0.05, 0.1) is 0 Å². The van der Waals surface area contributed by atoms with Crippen LogP contribution in [0.3, 0.4) is 0 Å². The SMILES string of the molecule is CCCN1CCCC(C(C)NCCC(=O)N(C)C)C1. The average molecular weight is 269 g/mol. The maximum atomic E-state index is 11.5. The van der Waals surface area contributed by atoms with Gasteiger partial charge in [-0.05, 0) is 45.2 Å². The second-order valence-electron chi connectivity index (χ2n) is 5.98. The summed E-state index contributed by atoms with van der Waals surface area (Å²) < 4.78 is 0. The summed E-state index contributed by atoms with van der Waals surface area (Å²) in [5.41, 5.74) is 0. The van der Waals surface area contributed by atoms with Crippen molar-refractivity contribution in [2.45, 2.75) is 45.6 Å². The third kappa shape index (κ3) is 5.91. The fourth-order valence-electron chi connectivity index (χ4n) is 2.82. The lowest BCUT2D eigenvalue weighted by atomic mass is 9.91. The number of likely N-dealkylation sites (tertiary alicyclic amines) is 1. The minimum Gasteiger partial charge on any atom is -0.349 e. The van der Waals surface area contributed by atoms with Crippen LogP contribution in [0.15, 0.2) is 0 Å². The third-order valence-electron chi connectivity index (χ3n) is 4.09. The van der Waals surface area contributed by atoms with Crippen LogP contribution in [0.4, 0.5) is 0 Å². The predicted molar refractivity (Wildman–Crippen MR) is 80.2 cm³/mol. The summed E-state index contributed by atoms with van der Waals surface area (Å²) >= 11 is 0. The first-order valence-electron chi connectivity index (χ1n) is 7.70. The molecule has 2 unspecified atom stereocenters. The standard InChI is InChI=1S/C15H31N3O/c1-5-10-18-11-6-7-14(12-18)13(2)16-9-8-15(19)17(3)4/h13-14,16H,5-12H2,1-4H3. The number of piperidine rings is 1. The van der Waals surface area contributed by atoms with Crippen LogP contribution >= 0.6 is 0 Å². The number of amides is 1. The van der Waals surface area contributed by atoms with Gasteiger partial charge in [0.15, 0.2) is 0 Å². The summed E-state index contributed by atoms with van der Waals surface area (Å²) in [6.45, 7) is 9.00. The van der Waals surface area contributed by atoms with Crippen LogP contribution in [0, 0.1) is 5.92 Å². The Morgan fingerprint density at radius 3 is 2.84 bits per heavy atom. The van der Waals surface area contributed by atoms with Crippen molar-refractivity contribution in [3.63, 3.8) is 0 Å². The molecule has 1 amide bonds. The Labute approximate surface area is 118 Å². The highest BCUT2D eigenvalue weighted by Gasteiger charge is 2.23. The molecule has 1 aliphatic heterocycles. The van der Waals surface area contributed by atoms with Crippen molar-refractivity contribution in [1.29, 1.82) is 0 Å². The van der Waals surface area contributed by atoms with E-state index in [9.17, 15) is 4.79 Å². The predicted octanol–water partition coefficient (Wildman–Crippen LogP) is 1.56. The van der Waals surface area contributed by atoms with Crippen molar-refractivity contribution in [3.8, 4) is 0 Å². The van der Waals surface area contributed by atoms with E-state index in [1.807, 2.05) is 14.1 Å². The number of carbonyl (C=O) groups is 1. The van der Waals surface area contributed by atoms with Crippen molar-refractivity contribution in [2.75, 3.05) is 40.3 Å². The Morgan fingerprint density at radius 2 is 2.21 bits per heavy atom. The van der Waals surface area contributed by atoms with Crippen LogP contribution in [0.5, 0.6) is 0 Å². The van der Waals surface area contributed by atoms with Crippen molar-refractivity contribution in [3.05, 3.63) is 0 Å². The number of carbonyl (C=O) groups excluding carboxylic acids is 1. The summed E-state index contributed by atoms with van der Waals surface area (Å²) in [5, 5.41) is 3.53. The van der Waals surface area contributed by atoms with E-state index in [2.05, 4.69) is 24.1 Å². The zero-order valence-corrected chi connectivity index (χ0v) is 13.1. The molecule has 1 heterocycles. The lowest BCUT2D eigenvalue weighted by Gasteiger charge is -2.36. The average Bonchev–Trinajstić information content (AvgIpc) is 2.39. The van der Waals surface area contributed by atoms with Crippen LogP contribution in [-0.2, 0) is 4.79 Å². The molecule has 19 heavy (non-hydrogen) atoms. The van der Waals surface area contributed by atoms with Gasteiger partial charge in [-0.1, -0.05) is 6.92 Å². The van der Waals surface area contributed by atoms with Gasteiger partial charge in [0, 0.05) is 39.6 Å². The van der Waals surface area contributed by atoms with E-state index >= 15 is 0 Å². The largest absolute Gasteiger partial charge is 0.349 e. The van der Waals surface area contributed by atoms with Gasteiger partial charge >= 0.3 is 0 Å². The molecule has 0 aromatic carbocycles. The van der Waals surface area contributed by atoms with Gasteiger partial charge in [0.1, 0.15) is 0 Å². The number of rotatable bonds is 7. The van der Waals surface area contributed by atoms with Crippen molar-refractivity contribution in [1.82, 2.24) is 15.1 Å². The van der Waals surface area contributed by atoms with Gasteiger partial charge < -0.3 is 15.1 Å². The molecule has 112 valence electrons. The molecular formula is C15H31N3O. The highest BCUT2D eigenvalue weighted by atomic mass is 16.2. The smallest absolute Gasteiger partial charge is 0.223 e. The summed E-state index contributed by atoms with van der Waals surface area (Å²) in [5.74, 6) is 0.936. The van der Waals surface area contributed by atoms with Gasteiger partial charge in [0.2, 0.25) is 5.91 Å². The summed E-state index contributed by atoms with van der Waals surface area (Å²) in [6, 6.07) is 0.509. The fraction of sp³-hybridized carbons (Fsp3) is 0.933. The van der Waals surface area contributed by atoms with Crippen molar-refractivity contribution >= 4 is 5.91 Å². The van der Waals surface area contributed by atoms with Crippen LogP contribution < -0.4 is 5.32 Å². The van der Waals surface area contributed by atoms with Gasteiger partial charge in [-0.2, -0.15) is 0 Å². The van der Waals surface area contributed by atoms with Gasteiger partial charge in [-0.15, -0.1) is 0 Å². The van der Waals surface area contributed by atoms with E-state index in [-0.39, 0.29) is 5.91 Å². The van der Waals surface area contributed by atoms with E-state index in [1.54, 1.807) is 4.90 Å². The molecular weight excluding hydrogens is 238 g/mol. The van der Waals surface area contributed by atoms with Crippen LogP contribution in [0.1, 0.15) is 39.5 Å². The molecule has 4 heteroatoms. The quantitative estimate of drug-likeness (QED) is 0.762. The summed E-state index contributed by atoms with van der Waals surface area (Å²) in [7, 11) is 3.63. The number of hydrogen-bond acceptors (Lipinski definition) is 3. The second-order valence-corrected chi connectivity index (χ2v) is 5.98. The third-order valence-corrected chi connectivity index (χ3v) is 4.09. The molecule has 0 aromatic rings. The lowest BCUT2D eigenvalue weighted by Crippen LogP contribution is -2.45. The Kier molecular flexibility index (Phi) is 7.39. The number of nitrogens with zero attached hydrogens (tertiary/aromatic N) is 2. The molecule has 1 saturated heterocycles. The Hall–Kier alpha value is -0.610. The molecule has 0 aromatic heterocycles. The molecule has 0 aliphatic carbocycles. The zero-order chi connectivity index (χ0) is 14.3. The number of nitrogens with one attached hydrogen (secondary N) is 1. The monoisotopic (exact) mass is 269 g/mol. The van der Waals surface area contributed by atoms with Crippen molar-refractivity contribution < 1.29 is 4.79 Å². The van der Waals surface area contributed by atoms with E-state index in [1.165, 1.54) is 38.9 Å². The van der Waals surface area contributed by atoms with Crippen LogP contribution in [0.25, 0.3) is 0 Å². The summed E-state index contributed by atoms with van der Waals surface area (Å²) in [6.07, 6.45) is 4.47. The maximum absolute atomic E-state index is 11.5. The topological polar surface area (TPSA) is 35.6 Å². The maximum Gasteiger partial charge on any atom is 0.223 e. The molecule has 0 saturated carbocycles. The minimum absolute atomic E-state index is 0.205. The molecule has 0 bridgehead atoms. The minimum atomic E-state index is 0.205. The molecule has 4 nitrogen and oxygen atoms in total. The van der Waals surface area contributed by atoms with Crippen LogP contribution in [-0.4, -0.2) is 62.0 Å². The first-order chi connectivity index (χ1) is 9.04. The number of hydrogen-bond donors (Lipinski definition) is 1. The van der Waals surface area contributed by atoms with E-state index < -0.39 is 0 Å². The Morgan fingerprint density at radius 1 is 1.47 bits per heavy atom. The van der Waals surface area contributed by atoms with E-state index in [0.717, 1.165) is 12.5 Å². The molecule has 1 rings (SSSR count). The van der Waals surface area contributed by atoms with Crippen molar-refractivity contribution in [2.24, 2.45) is 5.92 Å². The van der Waals surface area contributed by atoms with Gasteiger partial charge in [-0.3, -0.25) is 4.79 Å². The van der Waals surface area contributed by atoms with Gasteiger partial charge in [0.25, 0.3) is 0 Å². The highest BCUT2D eigenvalue weighted by molar-refractivity contribution is 5.75. The van der Waals surface area contributed by atoms with E-state index in [4.69, 9.17) is 0 Å². The van der Waals surface area contributed by atoms with Crippen LogP contribution in [0.2, 0.25) is 0 Å². The normalized spacial score (nSPS) is 22.2. The molecule has 1 aliphatic rings. The molecule has 0 radical (unpaired) electrons. The zero-order valence-electron chi connectivity index (χ0n) is 13.1. The Bertz CT molecular complexity index is 266. The molecule has 0 spiro atoms. The first kappa shape index (κ1) is 16.4.